The molecule has 0 fully saturated rings. The molecule has 8 nitrogen and oxygen atoms in total. The molecule has 0 bridgehead atoms. The van der Waals surface area contributed by atoms with Crippen molar-refractivity contribution >= 4 is 40.3 Å². The molecular formula is C23H14ClN5O3. The Kier molecular flexibility index (Phi) is 5.01. The van der Waals surface area contributed by atoms with Crippen LogP contribution in [0.2, 0.25) is 5.02 Å². The number of nitrogens with zero attached hydrogens (tertiary/aromatic N) is 4. The predicted molar refractivity (Wildman–Crippen MR) is 120 cm³/mol. The Morgan fingerprint density at radius 3 is 2.59 bits per heavy atom. The number of non-ortho nitro benzene ring substituents is 1. The van der Waals surface area contributed by atoms with Gasteiger partial charge in [0, 0.05) is 23.3 Å². The van der Waals surface area contributed by atoms with Gasteiger partial charge in [0.25, 0.3) is 5.69 Å². The number of hydrogen-bond acceptors (Lipinski definition) is 7. The molecule has 32 heavy (non-hydrogen) atoms. The molecule has 0 saturated carbocycles. The average molecular weight is 444 g/mol. The highest BCUT2D eigenvalue weighted by Gasteiger charge is 2.30. The van der Waals surface area contributed by atoms with E-state index in [1.807, 2.05) is 0 Å². The van der Waals surface area contributed by atoms with Gasteiger partial charge in [0.1, 0.15) is 29.5 Å². The number of benzene rings is 1. The van der Waals surface area contributed by atoms with E-state index in [0.29, 0.717) is 50.6 Å². The van der Waals surface area contributed by atoms with E-state index in [4.69, 9.17) is 21.8 Å². The van der Waals surface area contributed by atoms with Gasteiger partial charge in [-0.05, 0) is 54.8 Å². The maximum Gasteiger partial charge on any atom is 0.270 e. The van der Waals surface area contributed by atoms with E-state index in [0.717, 1.165) is 0 Å². The molecule has 0 amide bonds. The molecular weight excluding hydrogens is 430 g/mol. The fraction of sp³-hybridized carbons (Fsp3) is 0.0870. The average Bonchev–Trinajstić information content (AvgIpc) is 3.31. The lowest BCUT2D eigenvalue weighted by molar-refractivity contribution is -0.384. The summed E-state index contributed by atoms with van der Waals surface area (Å²) in [4.78, 5) is 14.7. The number of anilines is 1. The summed E-state index contributed by atoms with van der Waals surface area (Å²) in [5.41, 5.74) is 10.1. The highest BCUT2D eigenvalue weighted by atomic mass is 35.5. The van der Waals surface area contributed by atoms with E-state index in [2.05, 4.69) is 17.1 Å². The standard InChI is InChI=1S/C23H14ClN5O3/c1-11-16(21-12(2)18(10-26)23(27)28-22(21)17(11)9-25)8-14-4-6-20(32-14)15-5-3-13(29(30)31)7-19(15)24/h3-8H,1-2H3,(H2,27,28)/b16-8-. The largest absolute Gasteiger partial charge is 0.457 e. The van der Waals surface area contributed by atoms with Gasteiger partial charge < -0.3 is 10.2 Å². The topological polar surface area (TPSA) is 143 Å². The fourth-order valence-corrected chi connectivity index (χ4v) is 4.00. The van der Waals surface area contributed by atoms with Gasteiger partial charge in [-0.3, -0.25) is 10.1 Å². The minimum atomic E-state index is -0.522. The number of allylic oxidation sites excluding steroid dienone is 3. The fourth-order valence-electron chi connectivity index (χ4n) is 3.73. The smallest absolute Gasteiger partial charge is 0.270 e. The van der Waals surface area contributed by atoms with Crippen molar-refractivity contribution in [2.24, 2.45) is 0 Å². The first kappa shape index (κ1) is 20.9. The number of pyridine rings is 1. The number of furan rings is 1. The van der Waals surface area contributed by atoms with Crippen molar-refractivity contribution in [2.75, 3.05) is 5.73 Å². The molecule has 0 spiro atoms. The van der Waals surface area contributed by atoms with Crippen LogP contribution in [-0.4, -0.2) is 9.91 Å². The number of aromatic nitrogens is 1. The van der Waals surface area contributed by atoms with E-state index in [9.17, 15) is 20.6 Å². The molecule has 9 heteroatoms. The molecule has 2 heterocycles. The second-order valence-corrected chi connectivity index (χ2v) is 7.53. The summed E-state index contributed by atoms with van der Waals surface area (Å²) in [7, 11) is 0. The number of nitro benzene ring substituents is 1. The Morgan fingerprint density at radius 1 is 1.22 bits per heavy atom. The number of nitro groups is 1. The molecule has 4 rings (SSSR count). The highest BCUT2D eigenvalue weighted by molar-refractivity contribution is 6.33. The lowest BCUT2D eigenvalue weighted by Gasteiger charge is -2.10. The summed E-state index contributed by atoms with van der Waals surface area (Å²) in [6.07, 6.45) is 1.76. The van der Waals surface area contributed by atoms with Gasteiger partial charge >= 0.3 is 0 Å². The molecule has 1 aliphatic carbocycles. The summed E-state index contributed by atoms with van der Waals surface area (Å²) in [6.45, 7) is 3.56. The maximum atomic E-state index is 10.9. The second-order valence-electron chi connectivity index (χ2n) is 7.13. The molecule has 0 unspecified atom stereocenters. The van der Waals surface area contributed by atoms with Crippen LogP contribution in [0, 0.1) is 39.7 Å². The van der Waals surface area contributed by atoms with E-state index in [1.54, 1.807) is 32.1 Å². The molecule has 2 aromatic heterocycles. The number of hydrogen-bond donors (Lipinski definition) is 1. The molecule has 3 aromatic rings. The molecule has 2 N–H and O–H groups in total. The normalized spacial score (nSPS) is 13.7. The van der Waals surface area contributed by atoms with Crippen molar-refractivity contribution < 1.29 is 9.34 Å². The van der Waals surface area contributed by atoms with Crippen LogP contribution in [0.15, 0.2) is 40.3 Å². The van der Waals surface area contributed by atoms with Gasteiger partial charge in [0.2, 0.25) is 0 Å². The van der Waals surface area contributed by atoms with Crippen LogP contribution in [0.5, 0.6) is 0 Å². The van der Waals surface area contributed by atoms with Crippen LogP contribution in [0.25, 0.3) is 28.5 Å². The molecule has 0 aliphatic heterocycles. The van der Waals surface area contributed by atoms with Gasteiger partial charge in [-0.2, -0.15) is 10.5 Å². The third-order valence-electron chi connectivity index (χ3n) is 5.33. The van der Waals surface area contributed by atoms with Gasteiger partial charge in [-0.1, -0.05) is 11.6 Å². The van der Waals surface area contributed by atoms with E-state index in [-0.39, 0.29) is 22.1 Å². The van der Waals surface area contributed by atoms with Crippen molar-refractivity contribution in [2.45, 2.75) is 13.8 Å². The molecule has 0 radical (unpaired) electrons. The third-order valence-corrected chi connectivity index (χ3v) is 5.64. The molecule has 156 valence electrons. The first-order chi connectivity index (χ1) is 15.3. The van der Waals surface area contributed by atoms with Gasteiger partial charge in [0.15, 0.2) is 0 Å². The first-order valence-corrected chi connectivity index (χ1v) is 9.72. The van der Waals surface area contributed by atoms with Crippen LogP contribution in [0.1, 0.15) is 35.1 Å². The van der Waals surface area contributed by atoms with Crippen molar-refractivity contribution in [3.05, 3.63) is 79.2 Å². The third kappa shape index (κ3) is 3.20. The molecule has 0 saturated heterocycles. The first-order valence-electron chi connectivity index (χ1n) is 9.35. The number of nitrogens with two attached hydrogens (primary N) is 1. The molecule has 0 atom stereocenters. The van der Waals surface area contributed by atoms with Crippen molar-refractivity contribution in [1.29, 1.82) is 10.5 Å². The Labute approximate surface area is 187 Å². The van der Waals surface area contributed by atoms with Crippen molar-refractivity contribution in [1.82, 2.24) is 4.98 Å². The summed E-state index contributed by atoms with van der Waals surface area (Å²) in [5, 5.41) is 30.2. The number of nitriles is 2. The maximum absolute atomic E-state index is 10.9. The number of halogens is 1. The lowest BCUT2D eigenvalue weighted by Crippen LogP contribution is -2.03. The summed E-state index contributed by atoms with van der Waals surface area (Å²) >= 11 is 6.21. The SMILES string of the molecule is CC1=C(C#N)c2nc(N)c(C#N)c(C)c2/C1=C\c1ccc(-c2ccc([N+](=O)[O-])cc2Cl)o1. The molecule has 1 aromatic carbocycles. The van der Waals surface area contributed by atoms with Crippen LogP contribution in [0.3, 0.4) is 0 Å². The summed E-state index contributed by atoms with van der Waals surface area (Å²) in [5.74, 6) is 0.990. The van der Waals surface area contributed by atoms with E-state index < -0.39 is 4.92 Å². The quantitative estimate of drug-likeness (QED) is 0.414. The van der Waals surface area contributed by atoms with Crippen molar-refractivity contribution in [3.63, 3.8) is 0 Å². The Morgan fingerprint density at radius 2 is 1.97 bits per heavy atom. The Balaban J connectivity index is 1.83. The van der Waals surface area contributed by atoms with Crippen LogP contribution < -0.4 is 5.73 Å². The van der Waals surface area contributed by atoms with Gasteiger partial charge in [0.05, 0.1) is 26.8 Å². The Bertz CT molecular complexity index is 1470. The van der Waals surface area contributed by atoms with Gasteiger partial charge in [-0.25, -0.2) is 4.98 Å². The van der Waals surface area contributed by atoms with Crippen LogP contribution >= 0.6 is 11.6 Å². The zero-order valence-electron chi connectivity index (χ0n) is 16.9. The Hall–Kier alpha value is -4.40. The summed E-state index contributed by atoms with van der Waals surface area (Å²) in [6, 6.07) is 11.8. The van der Waals surface area contributed by atoms with E-state index >= 15 is 0 Å². The van der Waals surface area contributed by atoms with E-state index in [1.165, 1.54) is 18.2 Å². The minimum Gasteiger partial charge on any atom is -0.457 e. The summed E-state index contributed by atoms with van der Waals surface area (Å²) < 4.78 is 5.92. The number of rotatable bonds is 3. The predicted octanol–water partition coefficient (Wildman–Crippen LogP) is 5.52. The minimum absolute atomic E-state index is 0.0821. The van der Waals surface area contributed by atoms with Gasteiger partial charge in [-0.15, -0.1) is 0 Å². The zero-order valence-corrected chi connectivity index (χ0v) is 17.7. The van der Waals surface area contributed by atoms with Crippen LogP contribution in [-0.2, 0) is 0 Å². The number of nitrogen functional groups attached to an aromatic ring is 1. The number of fused-ring (bicyclic) bond motifs is 1. The monoisotopic (exact) mass is 443 g/mol. The molecule has 1 aliphatic rings. The lowest BCUT2D eigenvalue weighted by atomic mass is 9.96. The van der Waals surface area contributed by atoms with Crippen molar-refractivity contribution in [3.8, 4) is 23.5 Å². The highest BCUT2D eigenvalue weighted by Crippen LogP contribution is 2.44. The second kappa shape index (κ2) is 7.69. The van der Waals surface area contributed by atoms with Crippen LogP contribution in [0.4, 0.5) is 11.5 Å². The zero-order chi connectivity index (χ0) is 23.2.